The lowest BCUT2D eigenvalue weighted by atomic mass is 10.1. The van der Waals surface area contributed by atoms with Crippen molar-refractivity contribution in [2.75, 3.05) is 13.7 Å². The van der Waals surface area contributed by atoms with Crippen LogP contribution in [0.2, 0.25) is 5.02 Å². The number of esters is 1. The van der Waals surface area contributed by atoms with Gasteiger partial charge in [-0.2, -0.15) is 0 Å². The number of hydrogen-bond acceptors (Lipinski definition) is 5. The first-order chi connectivity index (χ1) is 13.4. The first-order valence-corrected chi connectivity index (χ1v) is 10.6. The van der Waals surface area contributed by atoms with E-state index in [1.165, 1.54) is 0 Å². The smallest absolute Gasteiger partial charge is 0.363 e. The summed E-state index contributed by atoms with van der Waals surface area (Å²) in [4.78, 5) is 16.6. The summed E-state index contributed by atoms with van der Waals surface area (Å²) in [5.41, 5.74) is 1.49. The molecule has 2 aromatic carbocycles. The Morgan fingerprint density at radius 2 is 2.07 bits per heavy atom. The molecule has 0 aromatic heterocycles. The van der Waals surface area contributed by atoms with Crippen LogP contribution in [0.1, 0.15) is 11.1 Å². The molecular weight excluding hydrogens is 607 g/mol. The van der Waals surface area contributed by atoms with Gasteiger partial charge in [-0.1, -0.05) is 24.3 Å². The van der Waals surface area contributed by atoms with E-state index in [1.807, 2.05) is 18.2 Å². The number of carbonyl (C=O) groups is 1. The summed E-state index contributed by atoms with van der Waals surface area (Å²) in [6.07, 6.45) is 3.30. The Balaban J connectivity index is 1.98. The van der Waals surface area contributed by atoms with E-state index in [2.05, 4.69) is 56.8 Å². The van der Waals surface area contributed by atoms with Crippen molar-refractivity contribution >= 4 is 74.7 Å². The van der Waals surface area contributed by atoms with E-state index < -0.39 is 5.97 Å². The Morgan fingerprint density at radius 1 is 1.29 bits per heavy atom. The number of benzene rings is 2. The molecule has 0 bridgehead atoms. The van der Waals surface area contributed by atoms with Crippen LogP contribution in [-0.2, 0) is 9.53 Å². The maximum absolute atomic E-state index is 12.3. The Kier molecular flexibility index (Phi) is 7.00. The van der Waals surface area contributed by atoms with E-state index in [4.69, 9.17) is 25.8 Å². The van der Waals surface area contributed by atoms with Crippen LogP contribution < -0.4 is 9.47 Å². The maximum atomic E-state index is 12.3. The van der Waals surface area contributed by atoms with Gasteiger partial charge in [-0.05, 0) is 87.2 Å². The van der Waals surface area contributed by atoms with Gasteiger partial charge in [-0.15, -0.1) is 0 Å². The van der Waals surface area contributed by atoms with E-state index in [0.29, 0.717) is 28.7 Å². The lowest BCUT2D eigenvalue weighted by molar-refractivity contribution is -0.129. The molecule has 5 nitrogen and oxygen atoms in total. The van der Waals surface area contributed by atoms with E-state index in [0.717, 1.165) is 12.7 Å². The minimum atomic E-state index is -0.536. The van der Waals surface area contributed by atoms with Gasteiger partial charge in [0.2, 0.25) is 5.90 Å². The van der Waals surface area contributed by atoms with Crippen molar-refractivity contribution in [3.05, 3.63) is 72.0 Å². The predicted molar refractivity (Wildman–Crippen MR) is 126 cm³/mol. The molecule has 1 heterocycles. The van der Waals surface area contributed by atoms with Crippen molar-refractivity contribution in [1.29, 1.82) is 0 Å². The third-order valence-electron chi connectivity index (χ3n) is 3.68. The average Bonchev–Trinajstić information content (AvgIpc) is 3.02. The molecule has 1 aliphatic heterocycles. The fourth-order valence-corrected chi connectivity index (χ4v) is 3.92. The van der Waals surface area contributed by atoms with E-state index >= 15 is 0 Å². The Labute approximate surface area is 194 Å². The van der Waals surface area contributed by atoms with Crippen LogP contribution in [0.15, 0.2) is 53.7 Å². The van der Waals surface area contributed by atoms with Gasteiger partial charge in [0.25, 0.3) is 0 Å². The van der Waals surface area contributed by atoms with Crippen molar-refractivity contribution in [1.82, 2.24) is 0 Å². The molecular formula is C20H14ClI2NO4. The van der Waals surface area contributed by atoms with Crippen LogP contribution in [-0.4, -0.2) is 25.6 Å². The molecule has 144 valence electrons. The van der Waals surface area contributed by atoms with Gasteiger partial charge in [-0.25, -0.2) is 9.79 Å². The number of nitrogens with zero attached hydrogens (tertiary/aromatic N) is 1. The number of methoxy groups -OCH3 is 1. The van der Waals surface area contributed by atoms with Gasteiger partial charge in [-0.3, -0.25) is 0 Å². The van der Waals surface area contributed by atoms with Crippen molar-refractivity contribution in [2.24, 2.45) is 4.99 Å². The average molecular weight is 622 g/mol. The van der Waals surface area contributed by atoms with Gasteiger partial charge >= 0.3 is 5.97 Å². The highest BCUT2D eigenvalue weighted by molar-refractivity contribution is 14.1. The maximum Gasteiger partial charge on any atom is 0.363 e. The highest BCUT2D eigenvalue weighted by Crippen LogP contribution is 2.35. The first kappa shape index (κ1) is 21.1. The quantitative estimate of drug-likeness (QED) is 0.186. The molecule has 0 spiro atoms. The number of hydrogen-bond donors (Lipinski definition) is 0. The Hall–Kier alpha value is -1.59. The third kappa shape index (κ3) is 4.69. The van der Waals surface area contributed by atoms with Crippen LogP contribution in [0.25, 0.3) is 6.08 Å². The minimum absolute atomic E-state index is 0.183. The van der Waals surface area contributed by atoms with Crippen LogP contribution >= 0.6 is 56.8 Å². The van der Waals surface area contributed by atoms with Gasteiger partial charge in [0.1, 0.15) is 6.61 Å². The van der Waals surface area contributed by atoms with E-state index in [-0.39, 0.29) is 11.6 Å². The number of halogens is 3. The first-order valence-electron chi connectivity index (χ1n) is 8.02. The fraction of sp³-hybridized carbons (Fsp3) is 0.100. The Morgan fingerprint density at radius 3 is 2.79 bits per heavy atom. The summed E-state index contributed by atoms with van der Waals surface area (Å²) in [5, 5.41) is 0.466. The monoisotopic (exact) mass is 621 g/mol. The number of ether oxygens (including phenoxy) is 3. The summed E-state index contributed by atoms with van der Waals surface area (Å²) < 4.78 is 18.2. The number of aliphatic imine (C=N–C) groups is 1. The molecule has 8 heteroatoms. The van der Waals surface area contributed by atoms with Crippen molar-refractivity contribution < 1.29 is 19.0 Å². The van der Waals surface area contributed by atoms with Crippen molar-refractivity contribution in [3.8, 4) is 11.5 Å². The molecule has 0 saturated heterocycles. The summed E-state index contributed by atoms with van der Waals surface area (Å²) in [7, 11) is 1.56. The number of cyclic esters (lactones) is 1. The van der Waals surface area contributed by atoms with E-state index in [9.17, 15) is 4.79 Å². The normalized spacial score (nSPS) is 14.6. The highest BCUT2D eigenvalue weighted by atomic mass is 127. The molecule has 1 aliphatic rings. The largest absolute Gasteiger partial charge is 0.493 e. The van der Waals surface area contributed by atoms with Crippen molar-refractivity contribution in [2.45, 2.75) is 0 Å². The number of rotatable bonds is 6. The summed E-state index contributed by atoms with van der Waals surface area (Å²) in [6.45, 7) is 4.01. The summed E-state index contributed by atoms with van der Waals surface area (Å²) in [6, 6.07) is 9.06. The standard InChI is InChI=1S/C20H14ClI2NO4/c1-3-6-27-18-15(23)7-11(9-17(18)26-2)8-16-20(25)28-19(24-16)13-10-12(22)4-5-14(13)21/h3-5,7-10H,1,6H2,2H3/b16-8-. The second-order valence-corrected chi connectivity index (χ2v) is 8.41. The molecule has 0 radical (unpaired) electrons. The minimum Gasteiger partial charge on any atom is -0.493 e. The zero-order valence-corrected chi connectivity index (χ0v) is 19.7. The van der Waals surface area contributed by atoms with Gasteiger partial charge in [0, 0.05) is 3.57 Å². The third-order valence-corrected chi connectivity index (χ3v) is 5.48. The lowest BCUT2D eigenvalue weighted by Gasteiger charge is -2.12. The highest BCUT2D eigenvalue weighted by Gasteiger charge is 2.26. The molecule has 28 heavy (non-hydrogen) atoms. The fourth-order valence-electron chi connectivity index (χ4n) is 2.45. The SMILES string of the molecule is C=CCOc1c(I)cc(/C=C2\N=C(c3cc(I)ccc3Cl)OC2=O)cc1OC. The van der Waals surface area contributed by atoms with Crippen LogP contribution in [0.5, 0.6) is 11.5 Å². The molecule has 0 aliphatic carbocycles. The topological polar surface area (TPSA) is 57.1 Å². The molecule has 0 atom stereocenters. The molecule has 0 N–H and O–H groups in total. The second-order valence-electron chi connectivity index (χ2n) is 5.59. The van der Waals surface area contributed by atoms with Crippen LogP contribution in [0, 0.1) is 7.14 Å². The molecule has 3 rings (SSSR count). The number of carbonyl (C=O) groups excluding carboxylic acids is 1. The molecule has 2 aromatic rings. The zero-order chi connectivity index (χ0) is 20.3. The van der Waals surface area contributed by atoms with E-state index in [1.54, 1.807) is 31.4 Å². The lowest BCUT2D eigenvalue weighted by Crippen LogP contribution is -2.06. The predicted octanol–water partition coefficient (Wildman–Crippen LogP) is 5.47. The molecule has 0 amide bonds. The van der Waals surface area contributed by atoms with Crippen molar-refractivity contribution in [3.63, 3.8) is 0 Å². The second kappa shape index (κ2) is 9.27. The molecule has 0 fully saturated rings. The van der Waals surface area contributed by atoms with Gasteiger partial charge < -0.3 is 14.2 Å². The zero-order valence-electron chi connectivity index (χ0n) is 14.7. The summed E-state index contributed by atoms with van der Waals surface area (Å²) in [5.74, 6) is 0.823. The van der Waals surface area contributed by atoms with Gasteiger partial charge in [0.05, 0.1) is 21.3 Å². The van der Waals surface area contributed by atoms with Crippen LogP contribution in [0.3, 0.4) is 0 Å². The van der Waals surface area contributed by atoms with Gasteiger partial charge in [0.15, 0.2) is 17.2 Å². The molecule has 0 unspecified atom stereocenters. The Bertz CT molecular complexity index is 1020. The molecule has 0 saturated carbocycles. The summed E-state index contributed by atoms with van der Waals surface area (Å²) >= 11 is 10.5. The van der Waals surface area contributed by atoms with Crippen LogP contribution in [0.4, 0.5) is 0 Å².